The van der Waals surface area contributed by atoms with Crippen molar-refractivity contribution in [1.29, 1.82) is 0 Å². The molecule has 5 nitrogen and oxygen atoms in total. The number of ether oxygens (including phenoxy) is 1. The second kappa shape index (κ2) is 6.86. The fourth-order valence-corrected chi connectivity index (χ4v) is 3.50. The van der Waals surface area contributed by atoms with Crippen LogP contribution in [0.3, 0.4) is 0 Å². The number of hydrogen-bond acceptors (Lipinski definition) is 4. The Balaban J connectivity index is 2.42. The van der Waals surface area contributed by atoms with Gasteiger partial charge in [-0.15, -0.1) is 0 Å². The van der Waals surface area contributed by atoms with Crippen LogP contribution >= 0.6 is 27.5 Å². The molecule has 9 heteroatoms. The van der Waals surface area contributed by atoms with Gasteiger partial charge in [-0.1, -0.05) is 11.6 Å². The molecule has 0 spiro atoms. The van der Waals surface area contributed by atoms with Gasteiger partial charge >= 0.3 is 5.97 Å². The molecule has 0 bridgehead atoms. The fraction of sp³-hybridized carbons (Fsp3) is 0.0714. The van der Waals surface area contributed by atoms with Crippen LogP contribution in [0.15, 0.2) is 45.8 Å². The third-order valence-corrected chi connectivity index (χ3v) is 5.20. The number of hydrogen-bond donors (Lipinski definition) is 1. The van der Waals surface area contributed by atoms with E-state index in [4.69, 9.17) is 11.6 Å². The number of sulfonamides is 1. The van der Waals surface area contributed by atoms with Crippen molar-refractivity contribution >= 4 is 49.2 Å². The Morgan fingerprint density at radius 1 is 1.26 bits per heavy atom. The number of carbonyl (C=O) groups is 1. The normalized spacial score (nSPS) is 11.1. The number of rotatable bonds is 4. The van der Waals surface area contributed by atoms with Gasteiger partial charge in [0, 0.05) is 4.47 Å². The van der Waals surface area contributed by atoms with Gasteiger partial charge in [-0.25, -0.2) is 17.6 Å². The molecule has 0 saturated carbocycles. The van der Waals surface area contributed by atoms with Crippen molar-refractivity contribution in [2.24, 2.45) is 0 Å². The lowest BCUT2D eigenvalue weighted by molar-refractivity contribution is 0.0599. The molecule has 0 fully saturated rings. The molecule has 0 aliphatic carbocycles. The molecule has 2 aromatic carbocycles. The van der Waals surface area contributed by atoms with Crippen molar-refractivity contribution in [3.63, 3.8) is 0 Å². The number of methoxy groups -OCH3 is 1. The highest BCUT2D eigenvalue weighted by atomic mass is 79.9. The van der Waals surface area contributed by atoms with E-state index < -0.39 is 21.8 Å². The van der Waals surface area contributed by atoms with Gasteiger partial charge in [0.2, 0.25) is 0 Å². The monoisotopic (exact) mass is 421 g/mol. The van der Waals surface area contributed by atoms with Gasteiger partial charge in [-0.05, 0) is 52.3 Å². The Morgan fingerprint density at radius 3 is 2.57 bits per heavy atom. The van der Waals surface area contributed by atoms with E-state index in [1.54, 1.807) is 0 Å². The largest absolute Gasteiger partial charge is 0.465 e. The first-order chi connectivity index (χ1) is 10.7. The molecule has 0 aliphatic rings. The van der Waals surface area contributed by atoms with Crippen molar-refractivity contribution < 1.29 is 22.3 Å². The van der Waals surface area contributed by atoms with E-state index in [2.05, 4.69) is 25.4 Å². The predicted molar refractivity (Wildman–Crippen MR) is 87.7 cm³/mol. The van der Waals surface area contributed by atoms with Crippen LogP contribution in [-0.4, -0.2) is 21.5 Å². The first-order valence-corrected chi connectivity index (χ1v) is 8.76. The number of esters is 1. The average Bonchev–Trinajstić information content (AvgIpc) is 2.49. The van der Waals surface area contributed by atoms with Gasteiger partial charge in [0.25, 0.3) is 10.0 Å². The molecule has 0 amide bonds. The van der Waals surface area contributed by atoms with E-state index >= 15 is 0 Å². The molecule has 23 heavy (non-hydrogen) atoms. The Hall–Kier alpha value is -1.64. The van der Waals surface area contributed by atoms with E-state index in [1.807, 2.05) is 0 Å². The summed E-state index contributed by atoms with van der Waals surface area (Å²) in [5.41, 5.74) is 0.0798. The lowest BCUT2D eigenvalue weighted by atomic mass is 10.2. The summed E-state index contributed by atoms with van der Waals surface area (Å²) in [6, 6.07) is 7.14. The minimum absolute atomic E-state index is 0.0237. The molecule has 0 atom stereocenters. The zero-order valence-corrected chi connectivity index (χ0v) is 14.8. The Bertz CT molecular complexity index is 873. The first kappa shape index (κ1) is 17.7. The third-order valence-electron chi connectivity index (χ3n) is 2.83. The fourth-order valence-electron chi connectivity index (χ4n) is 1.71. The minimum atomic E-state index is -4.02. The molecule has 2 rings (SSSR count). The SMILES string of the molecule is COC(=O)c1cc(S(=O)(=O)Nc2ccc(F)cc2Cl)ccc1Br. The Kier molecular flexibility index (Phi) is 5.28. The molecule has 0 heterocycles. The number of anilines is 1. The van der Waals surface area contributed by atoms with Gasteiger partial charge in [-0.2, -0.15) is 0 Å². The molecule has 0 aromatic heterocycles. The van der Waals surface area contributed by atoms with Gasteiger partial charge in [-0.3, -0.25) is 4.72 Å². The highest BCUT2D eigenvalue weighted by Crippen LogP contribution is 2.27. The standard InChI is InChI=1S/C14H10BrClFNO4S/c1-22-14(19)10-7-9(3-4-11(10)15)23(20,21)18-13-5-2-8(17)6-12(13)16/h2-7,18H,1H3. The van der Waals surface area contributed by atoms with Crippen LogP contribution in [0.1, 0.15) is 10.4 Å². The van der Waals surface area contributed by atoms with Crippen LogP contribution in [0, 0.1) is 5.82 Å². The zero-order valence-electron chi connectivity index (χ0n) is 11.6. The van der Waals surface area contributed by atoms with Crippen molar-refractivity contribution in [1.82, 2.24) is 0 Å². The third kappa shape index (κ3) is 4.01. The smallest absolute Gasteiger partial charge is 0.339 e. The lowest BCUT2D eigenvalue weighted by Crippen LogP contribution is -2.14. The summed E-state index contributed by atoms with van der Waals surface area (Å²) in [5.74, 6) is -1.27. The molecule has 0 saturated heterocycles. The maximum Gasteiger partial charge on any atom is 0.339 e. The van der Waals surface area contributed by atoms with E-state index in [1.165, 1.54) is 25.3 Å². The van der Waals surface area contributed by atoms with Crippen molar-refractivity contribution in [3.05, 3.63) is 57.3 Å². The van der Waals surface area contributed by atoms with E-state index in [-0.39, 0.29) is 21.2 Å². The van der Waals surface area contributed by atoms with E-state index in [0.717, 1.165) is 18.2 Å². The van der Waals surface area contributed by atoms with Crippen LogP contribution in [0.25, 0.3) is 0 Å². The van der Waals surface area contributed by atoms with Crippen molar-refractivity contribution in [2.75, 3.05) is 11.8 Å². The number of benzene rings is 2. The Labute approximate surface area is 145 Å². The average molecular weight is 423 g/mol. The molecular formula is C14H10BrClFNO4S. The summed E-state index contributed by atoms with van der Waals surface area (Å²) in [5, 5.41) is -0.0844. The topological polar surface area (TPSA) is 72.5 Å². The zero-order chi connectivity index (χ0) is 17.2. The summed E-state index contributed by atoms with van der Waals surface area (Å²) in [6.45, 7) is 0. The summed E-state index contributed by atoms with van der Waals surface area (Å²) in [6.07, 6.45) is 0. The van der Waals surface area contributed by atoms with Crippen molar-refractivity contribution in [3.8, 4) is 0 Å². The summed E-state index contributed by atoms with van der Waals surface area (Å²) < 4.78 is 45.0. The molecule has 1 N–H and O–H groups in total. The van der Waals surface area contributed by atoms with E-state index in [0.29, 0.717) is 4.47 Å². The van der Waals surface area contributed by atoms with Crippen LogP contribution in [0.2, 0.25) is 5.02 Å². The predicted octanol–water partition coefficient (Wildman–Crippen LogP) is 3.83. The highest BCUT2D eigenvalue weighted by molar-refractivity contribution is 9.10. The Morgan fingerprint density at radius 2 is 1.96 bits per heavy atom. The van der Waals surface area contributed by atoms with Gasteiger partial charge in [0.15, 0.2) is 0 Å². The highest BCUT2D eigenvalue weighted by Gasteiger charge is 2.20. The van der Waals surface area contributed by atoms with Crippen LogP contribution in [-0.2, 0) is 14.8 Å². The van der Waals surface area contributed by atoms with Gasteiger partial charge in [0.05, 0.1) is 28.3 Å². The number of halogens is 3. The molecule has 0 aliphatic heterocycles. The quantitative estimate of drug-likeness (QED) is 0.760. The van der Waals surface area contributed by atoms with Gasteiger partial charge < -0.3 is 4.74 Å². The van der Waals surface area contributed by atoms with Gasteiger partial charge in [0.1, 0.15) is 5.82 Å². The van der Waals surface area contributed by atoms with Crippen LogP contribution in [0.4, 0.5) is 10.1 Å². The van der Waals surface area contributed by atoms with Crippen molar-refractivity contribution in [2.45, 2.75) is 4.90 Å². The maximum absolute atomic E-state index is 13.0. The number of carbonyl (C=O) groups excluding carboxylic acids is 1. The second-order valence-electron chi connectivity index (χ2n) is 4.36. The van der Waals surface area contributed by atoms with Crippen LogP contribution in [0.5, 0.6) is 0 Å². The summed E-state index contributed by atoms with van der Waals surface area (Å²) in [4.78, 5) is 11.5. The second-order valence-corrected chi connectivity index (χ2v) is 7.31. The van der Waals surface area contributed by atoms with E-state index in [9.17, 15) is 17.6 Å². The molecule has 122 valence electrons. The molecular weight excluding hydrogens is 413 g/mol. The molecule has 0 radical (unpaired) electrons. The molecule has 0 unspecified atom stereocenters. The number of nitrogens with one attached hydrogen (secondary N) is 1. The summed E-state index contributed by atoms with van der Waals surface area (Å²) in [7, 11) is -2.83. The minimum Gasteiger partial charge on any atom is -0.465 e. The molecule has 2 aromatic rings. The summed E-state index contributed by atoms with van der Waals surface area (Å²) >= 11 is 8.95. The first-order valence-electron chi connectivity index (χ1n) is 6.10. The van der Waals surface area contributed by atoms with Crippen LogP contribution < -0.4 is 4.72 Å². The maximum atomic E-state index is 13.0. The lowest BCUT2D eigenvalue weighted by Gasteiger charge is -2.11.